The Kier molecular flexibility index (Phi) is 9.29. The summed E-state index contributed by atoms with van der Waals surface area (Å²) in [6, 6.07) is 3.92. The fourth-order valence-electron chi connectivity index (χ4n) is 4.44. The molecular formula is C24H35N3O4S. The lowest BCUT2D eigenvalue weighted by Crippen LogP contribution is -2.45. The van der Waals surface area contributed by atoms with Gasteiger partial charge in [-0.25, -0.2) is 0 Å². The molecule has 3 heterocycles. The molecule has 1 saturated heterocycles. The molecule has 7 nitrogen and oxygen atoms in total. The van der Waals surface area contributed by atoms with E-state index >= 15 is 0 Å². The van der Waals surface area contributed by atoms with E-state index in [4.69, 9.17) is 4.74 Å². The molecule has 2 aliphatic rings. The summed E-state index contributed by atoms with van der Waals surface area (Å²) in [6.07, 6.45) is 5.43. The van der Waals surface area contributed by atoms with E-state index < -0.39 is 5.92 Å². The molecular weight excluding hydrogens is 426 g/mol. The summed E-state index contributed by atoms with van der Waals surface area (Å²) >= 11 is 1.59. The van der Waals surface area contributed by atoms with Crippen molar-refractivity contribution in [3.63, 3.8) is 0 Å². The Hall–Kier alpha value is -2.19. The van der Waals surface area contributed by atoms with Crippen LogP contribution in [-0.2, 0) is 25.7 Å². The summed E-state index contributed by atoms with van der Waals surface area (Å²) in [5.41, 5.74) is 1.41. The maximum atomic E-state index is 13.4. The van der Waals surface area contributed by atoms with Gasteiger partial charge in [0.05, 0.1) is 12.5 Å². The van der Waals surface area contributed by atoms with Crippen LogP contribution in [0.5, 0.6) is 0 Å². The summed E-state index contributed by atoms with van der Waals surface area (Å²) in [5.74, 6) is -0.722. The Bertz CT molecular complexity index is 813. The van der Waals surface area contributed by atoms with E-state index in [1.165, 1.54) is 0 Å². The van der Waals surface area contributed by atoms with Gasteiger partial charge in [-0.1, -0.05) is 18.9 Å². The summed E-state index contributed by atoms with van der Waals surface area (Å²) in [7, 11) is 1.63. The number of nitrogens with one attached hydrogen (secondary N) is 1. The summed E-state index contributed by atoms with van der Waals surface area (Å²) in [6.45, 7) is 4.88. The maximum absolute atomic E-state index is 13.4. The molecule has 1 fully saturated rings. The minimum atomic E-state index is -0.518. The number of nitrogens with zero attached hydrogens (tertiary/aromatic N) is 2. The first-order valence-electron chi connectivity index (χ1n) is 11.6. The monoisotopic (exact) mass is 461 g/mol. The SMILES string of the molecule is COCCCN1C(=O)C(CC(=O)NCc2cccs2)CC(C(=O)N2CCCCCC2)=C1C. The number of thiophene rings is 1. The van der Waals surface area contributed by atoms with Crippen LogP contribution in [0.25, 0.3) is 0 Å². The first kappa shape index (κ1) is 24.5. The Morgan fingerprint density at radius 3 is 2.62 bits per heavy atom. The average Bonchev–Trinajstić information content (AvgIpc) is 3.16. The van der Waals surface area contributed by atoms with Crippen molar-refractivity contribution in [2.45, 2.75) is 58.4 Å². The molecule has 32 heavy (non-hydrogen) atoms. The largest absolute Gasteiger partial charge is 0.385 e. The molecule has 0 aromatic carbocycles. The Labute approximate surface area is 194 Å². The van der Waals surface area contributed by atoms with E-state index in [2.05, 4.69) is 5.32 Å². The van der Waals surface area contributed by atoms with Gasteiger partial charge in [-0.05, 0) is 44.1 Å². The van der Waals surface area contributed by atoms with E-state index in [1.54, 1.807) is 23.3 Å². The van der Waals surface area contributed by atoms with Crippen molar-refractivity contribution < 1.29 is 19.1 Å². The van der Waals surface area contributed by atoms with Gasteiger partial charge in [0.15, 0.2) is 0 Å². The molecule has 176 valence electrons. The van der Waals surface area contributed by atoms with Gasteiger partial charge >= 0.3 is 0 Å². The molecule has 1 unspecified atom stereocenters. The molecule has 0 saturated carbocycles. The fraction of sp³-hybridized carbons (Fsp3) is 0.625. The van der Waals surface area contributed by atoms with Crippen LogP contribution in [0.3, 0.4) is 0 Å². The second-order valence-electron chi connectivity index (χ2n) is 8.57. The van der Waals surface area contributed by atoms with Crippen LogP contribution < -0.4 is 5.32 Å². The van der Waals surface area contributed by atoms with Crippen LogP contribution in [0.4, 0.5) is 0 Å². The third-order valence-electron chi connectivity index (χ3n) is 6.26. The number of hydrogen-bond acceptors (Lipinski definition) is 5. The highest BCUT2D eigenvalue weighted by molar-refractivity contribution is 7.09. The summed E-state index contributed by atoms with van der Waals surface area (Å²) in [5, 5.41) is 4.89. The average molecular weight is 462 g/mol. The smallest absolute Gasteiger partial charge is 0.251 e. The minimum absolute atomic E-state index is 0.0256. The topological polar surface area (TPSA) is 79.0 Å². The number of ether oxygens (including phenoxy) is 1. The Morgan fingerprint density at radius 1 is 1.22 bits per heavy atom. The maximum Gasteiger partial charge on any atom is 0.251 e. The number of likely N-dealkylation sites (tertiary alicyclic amines) is 1. The van der Waals surface area contributed by atoms with Crippen molar-refractivity contribution in [2.24, 2.45) is 5.92 Å². The van der Waals surface area contributed by atoms with Crippen LogP contribution in [0.15, 0.2) is 28.8 Å². The molecule has 3 amide bonds. The quantitative estimate of drug-likeness (QED) is 0.572. The van der Waals surface area contributed by atoms with Gasteiger partial charge < -0.3 is 19.9 Å². The van der Waals surface area contributed by atoms with Crippen LogP contribution in [-0.4, -0.2) is 60.9 Å². The standard InChI is InChI=1S/C24H35N3O4S/c1-18-21(24(30)26-10-5-3-4-6-11-26)15-19(23(29)27(18)12-8-13-31-2)16-22(28)25-17-20-9-7-14-32-20/h7,9,14,19H,3-6,8,10-13,15-17H2,1-2H3,(H,25,28). The Morgan fingerprint density at radius 2 is 1.97 bits per heavy atom. The molecule has 0 bridgehead atoms. The number of carbonyl (C=O) groups excluding carboxylic acids is 3. The molecule has 2 aliphatic heterocycles. The zero-order valence-corrected chi connectivity index (χ0v) is 20.0. The summed E-state index contributed by atoms with van der Waals surface area (Å²) < 4.78 is 5.15. The van der Waals surface area contributed by atoms with Crippen molar-refractivity contribution >= 4 is 29.1 Å². The van der Waals surface area contributed by atoms with E-state index in [-0.39, 0.29) is 24.1 Å². The van der Waals surface area contributed by atoms with Crippen molar-refractivity contribution in [1.82, 2.24) is 15.1 Å². The first-order chi connectivity index (χ1) is 15.5. The van der Waals surface area contributed by atoms with E-state index in [1.807, 2.05) is 29.3 Å². The molecule has 3 rings (SSSR count). The molecule has 1 aromatic heterocycles. The minimum Gasteiger partial charge on any atom is -0.385 e. The molecule has 0 radical (unpaired) electrons. The third-order valence-corrected chi connectivity index (χ3v) is 7.14. The lowest BCUT2D eigenvalue weighted by Gasteiger charge is -2.36. The fourth-order valence-corrected chi connectivity index (χ4v) is 5.08. The highest BCUT2D eigenvalue weighted by Crippen LogP contribution is 2.31. The predicted octanol–water partition coefficient (Wildman–Crippen LogP) is 3.32. The van der Waals surface area contributed by atoms with E-state index in [0.29, 0.717) is 38.1 Å². The van der Waals surface area contributed by atoms with Crippen molar-refractivity contribution in [3.05, 3.63) is 33.7 Å². The van der Waals surface area contributed by atoms with Crippen molar-refractivity contribution in [3.8, 4) is 0 Å². The Balaban J connectivity index is 1.73. The van der Waals surface area contributed by atoms with Crippen LogP contribution in [0.2, 0.25) is 0 Å². The molecule has 0 aliphatic carbocycles. The van der Waals surface area contributed by atoms with E-state index in [0.717, 1.165) is 49.3 Å². The predicted molar refractivity (Wildman–Crippen MR) is 125 cm³/mol. The first-order valence-corrected chi connectivity index (χ1v) is 12.5. The van der Waals surface area contributed by atoms with Gasteiger partial charge in [0.2, 0.25) is 11.8 Å². The lowest BCUT2D eigenvalue weighted by molar-refractivity contribution is -0.139. The highest BCUT2D eigenvalue weighted by atomic mass is 32.1. The lowest BCUT2D eigenvalue weighted by atomic mass is 9.88. The normalized spacial score (nSPS) is 19.8. The van der Waals surface area contributed by atoms with Crippen molar-refractivity contribution in [1.29, 1.82) is 0 Å². The van der Waals surface area contributed by atoms with Gasteiger partial charge in [0.25, 0.3) is 5.91 Å². The third kappa shape index (κ3) is 6.42. The number of amides is 3. The molecule has 8 heteroatoms. The number of carbonyl (C=O) groups is 3. The summed E-state index contributed by atoms with van der Waals surface area (Å²) in [4.78, 5) is 44.0. The number of allylic oxidation sites excluding steroid dienone is 1. The highest BCUT2D eigenvalue weighted by Gasteiger charge is 2.37. The van der Waals surface area contributed by atoms with Gasteiger partial charge in [0.1, 0.15) is 0 Å². The molecule has 1 N–H and O–H groups in total. The van der Waals surface area contributed by atoms with Gasteiger partial charge in [-0.3, -0.25) is 14.4 Å². The van der Waals surface area contributed by atoms with Crippen LogP contribution in [0, 0.1) is 5.92 Å². The molecule has 1 atom stereocenters. The second kappa shape index (κ2) is 12.2. The number of methoxy groups -OCH3 is 1. The van der Waals surface area contributed by atoms with Crippen LogP contribution >= 0.6 is 11.3 Å². The van der Waals surface area contributed by atoms with Gasteiger partial charge in [-0.2, -0.15) is 0 Å². The van der Waals surface area contributed by atoms with Crippen LogP contribution in [0.1, 0.15) is 56.7 Å². The number of rotatable bonds is 9. The van der Waals surface area contributed by atoms with Crippen molar-refractivity contribution in [2.75, 3.05) is 33.4 Å². The second-order valence-corrected chi connectivity index (χ2v) is 9.60. The molecule has 0 spiro atoms. The molecule has 1 aromatic rings. The van der Waals surface area contributed by atoms with Gasteiger partial charge in [0, 0.05) is 55.9 Å². The van der Waals surface area contributed by atoms with E-state index in [9.17, 15) is 14.4 Å². The van der Waals surface area contributed by atoms with Gasteiger partial charge in [-0.15, -0.1) is 11.3 Å². The zero-order valence-electron chi connectivity index (χ0n) is 19.2. The zero-order chi connectivity index (χ0) is 22.9. The number of hydrogen-bond donors (Lipinski definition) is 1.